The van der Waals surface area contributed by atoms with Crippen LogP contribution in [0, 0.1) is 5.92 Å². The Bertz CT molecular complexity index is 624. The molecule has 1 N–H and O–H groups in total. The van der Waals surface area contributed by atoms with Crippen LogP contribution in [0.3, 0.4) is 0 Å². The highest BCUT2D eigenvalue weighted by Gasteiger charge is 2.21. The van der Waals surface area contributed by atoms with Crippen LogP contribution in [0.25, 0.3) is 0 Å². The first-order chi connectivity index (χ1) is 12.1. The number of amides is 1. The van der Waals surface area contributed by atoms with Gasteiger partial charge in [-0.15, -0.1) is 0 Å². The van der Waals surface area contributed by atoms with Crippen LogP contribution in [0.5, 0.6) is 0 Å². The highest BCUT2D eigenvalue weighted by Crippen LogP contribution is 2.19. The summed E-state index contributed by atoms with van der Waals surface area (Å²) in [6.45, 7) is 4.41. The summed E-state index contributed by atoms with van der Waals surface area (Å²) in [5, 5.41) is 3.48. The maximum atomic E-state index is 11.9. The first-order valence-electron chi connectivity index (χ1n) is 9.01. The predicted octanol–water partition coefficient (Wildman–Crippen LogP) is 1.12. The topological polar surface area (TPSA) is 57.2 Å². The van der Waals surface area contributed by atoms with Crippen LogP contribution >= 0.6 is 0 Å². The third-order valence-corrected chi connectivity index (χ3v) is 4.87. The molecule has 2 aliphatic heterocycles. The highest BCUT2D eigenvalue weighted by molar-refractivity contribution is 5.85. The summed E-state index contributed by atoms with van der Waals surface area (Å²) in [7, 11) is 3.52. The lowest BCUT2D eigenvalue weighted by atomic mass is 10.0. The maximum absolute atomic E-state index is 11.9. The number of hydrogen-bond acceptors (Lipinski definition) is 3. The summed E-state index contributed by atoms with van der Waals surface area (Å²) in [6, 6.07) is 8.55. The van der Waals surface area contributed by atoms with Gasteiger partial charge in [0, 0.05) is 46.3 Å². The normalized spacial score (nSPS) is 20.3. The van der Waals surface area contributed by atoms with E-state index >= 15 is 0 Å². The Hall–Kier alpha value is -2.08. The number of aliphatic imine (C=N–C) groups is 1. The van der Waals surface area contributed by atoms with Gasteiger partial charge in [-0.3, -0.25) is 4.79 Å². The molecule has 1 aromatic rings. The number of ether oxygens (including phenoxy) is 1. The standard InChI is InChI=1S/C19H28N4O2/c1-22(2)18(24)12-21-19(20-11-15-8-10-25-14-15)23-9-7-16-5-3-4-6-17(16)13-23/h3-6,15H,7-14H2,1-2H3,(H,20,21). The molecular weight excluding hydrogens is 316 g/mol. The predicted molar refractivity (Wildman–Crippen MR) is 98.5 cm³/mol. The Kier molecular flexibility index (Phi) is 5.91. The SMILES string of the molecule is CN(C)C(=O)CN=C(NCC1CCOC1)N1CCc2ccccc2C1. The van der Waals surface area contributed by atoms with Crippen molar-refractivity contribution in [3.05, 3.63) is 35.4 Å². The number of carbonyl (C=O) groups excluding carboxylic acids is 1. The largest absolute Gasteiger partial charge is 0.381 e. The Morgan fingerprint density at radius 2 is 2.16 bits per heavy atom. The van der Waals surface area contributed by atoms with Gasteiger partial charge in [0.05, 0.1) is 6.61 Å². The molecular formula is C19H28N4O2. The zero-order valence-corrected chi connectivity index (χ0v) is 15.2. The van der Waals surface area contributed by atoms with E-state index in [1.807, 2.05) is 0 Å². The van der Waals surface area contributed by atoms with Gasteiger partial charge in [0.2, 0.25) is 5.91 Å². The van der Waals surface area contributed by atoms with Gasteiger partial charge in [0.25, 0.3) is 0 Å². The van der Waals surface area contributed by atoms with Crippen molar-refractivity contribution >= 4 is 11.9 Å². The van der Waals surface area contributed by atoms with Gasteiger partial charge >= 0.3 is 0 Å². The number of carbonyl (C=O) groups is 1. The van der Waals surface area contributed by atoms with Gasteiger partial charge in [-0.2, -0.15) is 0 Å². The Balaban J connectivity index is 1.68. The molecule has 1 fully saturated rings. The van der Waals surface area contributed by atoms with E-state index in [-0.39, 0.29) is 12.5 Å². The molecule has 2 heterocycles. The fourth-order valence-corrected chi connectivity index (χ4v) is 3.21. The number of nitrogens with zero attached hydrogens (tertiary/aromatic N) is 3. The minimum atomic E-state index is 0.0147. The van der Waals surface area contributed by atoms with Crippen LogP contribution in [-0.4, -0.2) is 68.6 Å². The molecule has 6 nitrogen and oxygen atoms in total. The third-order valence-electron chi connectivity index (χ3n) is 4.87. The smallest absolute Gasteiger partial charge is 0.243 e. The molecule has 1 aromatic carbocycles. The molecule has 3 rings (SSSR count). The van der Waals surface area contributed by atoms with Crippen LogP contribution in [0.2, 0.25) is 0 Å². The molecule has 0 aromatic heterocycles. The van der Waals surface area contributed by atoms with E-state index in [9.17, 15) is 4.79 Å². The van der Waals surface area contributed by atoms with E-state index in [0.29, 0.717) is 5.92 Å². The van der Waals surface area contributed by atoms with Crippen molar-refractivity contribution in [1.29, 1.82) is 0 Å². The van der Waals surface area contributed by atoms with Crippen LogP contribution in [0.4, 0.5) is 0 Å². The average Bonchev–Trinajstić information content (AvgIpc) is 3.14. The van der Waals surface area contributed by atoms with Crippen molar-refractivity contribution in [3.8, 4) is 0 Å². The summed E-state index contributed by atoms with van der Waals surface area (Å²) in [4.78, 5) is 20.4. The molecule has 1 amide bonds. The van der Waals surface area contributed by atoms with Crippen molar-refractivity contribution in [2.24, 2.45) is 10.9 Å². The minimum Gasteiger partial charge on any atom is -0.381 e. The lowest BCUT2D eigenvalue weighted by molar-refractivity contribution is -0.127. The van der Waals surface area contributed by atoms with Crippen molar-refractivity contribution in [1.82, 2.24) is 15.1 Å². The van der Waals surface area contributed by atoms with E-state index in [4.69, 9.17) is 4.74 Å². The second-order valence-electron chi connectivity index (χ2n) is 6.98. The van der Waals surface area contributed by atoms with Gasteiger partial charge in [0.15, 0.2) is 5.96 Å². The Labute approximate surface area is 149 Å². The third kappa shape index (κ3) is 4.72. The molecule has 1 saturated heterocycles. The van der Waals surface area contributed by atoms with E-state index < -0.39 is 0 Å². The second-order valence-corrected chi connectivity index (χ2v) is 6.98. The molecule has 0 aliphatic carbocycles. The van der Waals surface area contributed by atoms with Gasteiger partial charge in [-0.05, 0) is 24.0 Å². The molecule has 0 bridgehead atoms. The van der Waals surface area contributed by atoms with Crippen molar-refractivity contribution in [2.75, 3.05) is 46.9 Å². The highest BCUT2D eigenvalue weighted by atomic mass is 16.5. The number of benzene rings is 1. The first kappa shape index (κ1) is 17.7. The number of nitrogens with one attached hydrogen (secondary N) is 1. The van der Waals surface area contributed by atoms with Crippen molar-refractivity contribution in [2.45, 2.75) is 19.4 Å². The zero-order chi connectivity index (χ0) is 17.6. The minimum absolute atomic E-state index is 0.0147. The van der Waals surface area contributed by atoms with Crippen LogP contribution < -0.4 is 5.32 Å². The Morgan fingerprint density at radius 3 is 2.88 bits per heavy atom. The number of likely N-dealkylation sites (N-methyl/N-ethyl adjacent to an activating group) is 1. The number of fused-ring (bicyclic) bond motifs is 1. The summed E-state index contributed by atoms with van der Waals surface area (Å²) in [6.07, 6.45) is 2.09. The molecule has 25 heavy (non-hydrogen) atoms. The van der Waals surface area contributed by atoms with Gasteiger partial charge in [-0.25, -0.2) is 4.99 Å². The monoisotopic (exact) mass is 344 g/mol. The fraction of sp³-hybridized carbons (Fsp3) is 0.579. The first-order valence-corrected chi connectivity index (χ1v) is 9.01. The molecule has 6 heteroatoms. The average molecular weight is 344 g/mol. The van der Waals surface area contributed by atoms with Crippen molar-refractivity contribution in [3.63, 3.8) is 0 Å². The molecule has 0 spiro atoms. The zero-order valence-electron chi connectivity index (χ0n) is 15.2. The molecule has 2 aliphatic rings. The molecule has 0 saturated carbocycles. The molecule has 0 radical (unpaired) electrons. The Morgan fingerprint density at radius 1 is 1.36 bits per heavy atom. The molecule has 1 unspecified atom stereocenters. The van der Waals surface area contributed by atoms with E-state index in [0.717, 1.165) is 51.6 Å². The lowest BCUT2D eigenvalue weighted by Gasteiger charge is -2.32. The lowest BCUT2D eigenvalue weighted by Crippen LogP contribution is -2.46. The van der Waals surface area contributed by atoms with Crippen LogP contribution in [0.15, 0.2) is 29.3 Å². The van der Waals surface area contributed by atoms with Crippen LogP contribution in [0.1, 0.15) is 17.5 Å². The quantitative estimate of drug-likeness (QED) is 0.657. The van der Waals surface area contributed by atoms with Gasteiger partial charge in [0.1, 0.15) is 6.54 Å². The molecule has 1 atom stereocenters. The van der Waals surface area contributed by atoms with Crippen LogP contribution in [-0.2, 0) is 22.5 Å². The van der Waals surface area contributed by atoms with E-state index in [1.165, 1.54) is 11.1 Å². The van der Waals surface area contributed by atoms with E-state index in [1.54, 1.807) is 19.0 Å². The number of rotatable bonds is 4. The number of hydrogen-bond donors (Lipinski definition) is 1. The summed E-state index contributed by atoms with van der Waals surface area (Å²) >= 11 is 0. The summed E-state index contributed by atoms with van der Waals surface area (Å²) < 4.78 is 5.46. The summed E-state index contributed by atoms with van der Waals surface area (Å²) in [5.74, 6) is 1.37. The van der Waals surface area contributed by atoms with Gasteiger partial charge in [-0.1, -0.05) is 24.3 Å². The number of guanidine groups is 1. The summed E-state index contributed by atoms with van der Waals surface area (Å²) in [5.41, 5.74) is 2.75. The fourth-order valence-electron chi connectivity index (χ4n) is 3.21. The van der Waals surface area contributed by atoms with Crippen molar-refractivity contribution < 1.29 is 9.53 Å². The maximum Gasteiger partial charge on any atom is 0.243 e. The molecule has 136 valence electrons. The van der Waals surface area contributed by atoms with E-state index in [2.05, 4.69) is 39.5 Å². The second kappa shape index (κ2) is 8.34. The van der Waals surface area contributed by atoms with Gasteiger partial charge < -0.3 is 19.9 Å².